The highest BCUT2D eigenvalue weighted by Crippen LogP contribution is 2.23. The maximum Gasteiger partial charge on any atom is 0.321 e. The first-order chi connectivity index (χ1) is 13.3. The molecule has 0 bridgehead atoms. The molecule has 1 aliphatic carbocycles. The number of benzene rings is 1. The van der Waals surface area contributed by atoms with E-state index < -0.39 is 11.9 Å². The zero-order chi connectivity index (χ0) is 20.7. The van der Waals surface area contributed by atoms with Gasteiger partial charge in [0.05, 0.1) is 13.1 Å². The average Bonchev–Trinajstić information content (AvgIpc) is 2.60. The number of anilines is 1. The number of carbonyl (C=O) groups excluding carboxylic acids is 3. The molecule has 0 radical (unpaired) electrons. The first-order valence-electron chi connectivity index (χ1n) is 9.91. The molecule has 1 fully saturated rings. The number of urea groups is 1. The van der Waals surface area contributed by atoms with E-state index >= 15 is 0 Å². The molecule has 1 aromatic rings. The molecule has 28 heavy (non-hydrogen) atoms. The van der Waals surface area contributed by atoms with Crippen LogP contribution in [0.3, 0.4) is 0 Å². The minimum Gasteiger partial charge on any atom is -0.335 e. The van der Waals surface area contributed by atoms with Gasteiger partial charge in [0.2, 0.25) is 11.8 Å². The molecule has 0 spiro atoms. The van der Waals surface area contributed by atoms with Crippen LogP contribution >= 0.6 is 0 Å². The van der Waals surface area contributed by atoms with Crippen molar-refractivity contribution in [1.29, 1.82) is 0 Å². The van der Waals surface area contributed by atoms with Crippen LogP contribution in [0, 0.1) is 19.8 Å². The lowest BCUT2D eigenvalue weighted by Crippen LogP contribution is -2.50. The Hall–Kier alpha value is -2.41. The standard InChI is InChI=1S/C21H32N4O3/c1-14-8-5-6-11-17(14)22-21(28)24-19(27)13-25(4)12-18(26)23-20-15(2)9-7-10-16(20)3/h7,9-10,14,17H,5-6,8,11-13H2,1-4H3,(H,23,26)(H2,22,24,27,28). The van der Waals surface area contributed by atoms with Gasteiger partial charge in [-0.3, -0.25) is 19.8 Å². The minimum atomic E-state index is -0.461. The summed E-state index contributed by atoms with van der Waals surface area (Å²) in [7, 11) is 1.67. The number of carbonyl (C=O) groups is 3. The van der Waals surface area contributed by atoms with Gasteiger partial charge in [0.15, 0.2) is 0 Å². The van der Waals surface area contributed by atoms with Crippen molar-refractivity contribution in [2.45, 2.75) is 52.5 Å². The molecular formula is C21H32N4O3. The summed E-state index contributed by atoms with van der Waals surface area (Å²) in [5.74, 6) is -0.206. The SMILES string of the molecule is Cc1cccc(C)c1NC(=O)CN(C)CC(=O)NC(=O)NC1CCCCC1C. The van der Waals surface area contributed by atoms with Gasteiger partial charge in [-0.25, -0.2) is 4.79 Å². The van der Waals surface area contributed by atoms with E-state index in [9.17, 15) is 14.4 Å². The van der Waals surface area contributed by atoms with Crippen LogP contribution in [0.1, 0.15) is 43.7 Å². The van der Waals surface area contributed by atoms with Crippen molar-refractivity contribution in [3.8, 4) is 0 Å². The molecule has 0 saturated heterocycles. The molecule has 2 unspecified atom stereocenters. The number of rotatable bonds is 6. The monoisotopic (exact) mass is 388 g/mol. The van der Waals surface area contributed by atoms with Gasteiger partial charge in [-0.2, -0.15) is 0 Å². The Morgan fingerprint density at radius 1 is 1.04 bits per heavy atom. The Labute approximate surface area is 167 Å². The topological polar surface area (TPSA) is 90.5 Å². The number of hydrogen-bond acceptors (Lipinski definition) is 4. The van der Waals surface area contributed by atoms with Gasteiger partial charge in [-0.05, 0) is 50.8 Å². The summed E-state index contributed by atoms with van der Waals surface area (Å²) in [4.78, 5) is 38.0. The van der Waals surface area contributed by atoms with Gasteiger partial charge in [0.1, 0.15) is 0 Å². The fraction of sp³-hybridized carbons (Fsp3) is 0.571. The lowest BCUT2D eigenvalue weighted by atomic mass is 9.86. The van der Waals surface area contributed by atoms with Gasteiger partial charge in [-0.1, -0.05) is 38.0 Å². The predicted molar refractivity (Wildman–Crippen MR) is 110 cm³/mol. The molecule has 2 atom stereocenters. The van der Waals surface area contributed by atoms with Crippen molar-refractivity contribution >= 4 is 23.5 Å². The van der Waals surface area contributed by atoms with Gasteiger partial charge in [0, 0.05) is 11.7 Å². The second-order valence-corrected chi connectivity index (χ2v) is 7.88. The first-order valence-corrected chi connectivity index (χ1v) is 9.91. The third kappa shape index (κ3) is 6.64. The third-order valence-corrected chi connectivity index (χ3v) is 5.25. The summed E-state index contributed by atoms with van der Waals surface area (Å²) in [6, 6.07) is 5.46. The summed E-state index contributed by atoms with van der Waals surface area (Å²) in [6.07, 6.45) is 4.33. The molecule has 7 nitrogen and oxygen atoms in total. The Morgan fingerprint density at radius 3 is 2.29 bits per heavy atom. The summed E-state index contributed by atoms with van der Waals surface area (Å²) in [5.41, 5.74) is 2.77. The second kappa shape index (κ2) is 10.2. The molecular weight excluding hydrogens is 356 g/mol. The van der Waals surface area contributed by atoms with E-state index in [1.165, 1.54) is 6.42 Å². The lowest BCUT2D eigenvalue weighted by molar-refractivity contribution is -0.122. The molecule has 1 aromatic carbocycles. The van der Waals surface area contributed by atoms with E-state index in [-0.39, 0.29) is 25.0 Å². The Morgan fingerprint density at radius 2 is 1.64 bits per heavy atom. The van der Waals surface area contributed by atoms with Crippen LogP contribution in [0.5, 0.6) is 0 Å². The van der Waals surface area contributed by atoms with Crippen LogP contribution in [0.2, 0.25) is 0 Å². The molecule has 154 valence electrons. The molecule has 1 aliphatic rings. The van der Waals surface area contributed by atoms with Crippen LogP contribution in [0.25, 0.3) is 0 Å². The average molecular weight is 389 g/mol. The number of imide groups is 1. The number of hydrogen-bond donors (Lipinski definition) is 3. The van der Waals surface area contributed by atoms with E-state index in [1.807, 2.05) is 32.0 Å². The maximum absolute atomic E-state index is 12.3. The predicted octanol–water partition coefficient (Wildman–Crippen LogP) is 2.58. The van der Waals surface area contributed by atoms with Gasteiger partial charge < -0.3 is 10.6 Å². The van der Waals surface area contributed by atoms with E-state index in [4.69, 9.17) is 0 Å². The molecule has 7 heteroatoms. The van der Waals surface area contributed by atoms with Crippen molar-refractivity contribution < 1.29 is 14.4 Å². The van der Waals surface area contributed by atoms with Crippen LogP contribution in [0.15, 0.2) is 18.2 Å². The minimum absolute atomic E-state index is 0.0339. The highest BCUT2D eigenvalue weighted by molar-refractivity contribution is 5.96. The molecule has 0 aliphatic heterocycles. The largest absolute Gasteiger partial charge is 0.335 e. The van der Waals surface area contributed by atoms with Crippen LogP contribution in [0.4, 0.5) is 10.5 Å². The summed E-state index contributed by atoms with van der Waals surface area (Å²) in [6.45, 7) is 6.02. The Balaban J connectivity index is 1.75. The Bertz CT molecular complexity index is 699. The summed E-state index contributed by atoms with van der Waals surface area (Å²) < 4.78 is 0. The van der Waals surface area contributed by atoms with E-state index in [0.29, 0.717) is 5.92 Å². The van der Waals surface area contributed by atoms with E-state index in [0.717, 1.165) is 36.1 Å². The highest BCUT2D eigenvalue weighted by Gasteiger charge is 2.23. The van der Waals surface area contributed by atoms with E-state index in [2.05, 4.69) is 22.9 Å². The number of para-hydroxylation sites is 1. The Kier molecular flexibility index (Phi) is 7.99. The van der Waals surface area contributed by atoms with Crippen molar-refractivity contribution in [3.63, 3.8) is 0 Å². The zero-order valence-corrected chi connectivity index (χ0v) is 17.3. The van der Waals surface area contributed by atoms with Crippen molar-refractivity contribution in [3.05, 3.63) is 29.3 Å². The number of nitrogens with zero attached hydrogens (tertiary/aromatic N) is 1. The third-order valence-electron chi connectivity index (χ3n) is 5.25. The highest BCUT2D eigenvalue weighted by atomic mass is 16.2. The smallest absolute Gasteiger partial charge is 0.321 e. The summed E-state index contributed by atoms with van der Waals surface area (Å²) >= 11 is 0. The number of likely N-dealkylation sites (N-methyl/N-ethyl adjacent to an activating group) is 1. The molecule has 1 saturated carbocycles. The second-order valence-electron chi connectivity index (χ2n) is 7.88. The van der Waals surface area contributed by atoms with Crippen LogP contribution in [-0.2, 0) is 9.59 Å². The van der Waals surface area contributed by atoms with Gasteiger partial charge in [-0.15, -0.1) is 0 Å². The van der Waals surface area contributed by atoms with Crippen molar-refractivity contribution in [1.82, 2.24) is 15.5 Å². The molecule has 0 aromatic heterocycles. The van der Waals surface area contributed by atoms with Crippen molar-refractivity contribution in [2.24, 2.45) is 5.92 Å². The molecule has 0 heterocycles. The number of aryl methyl sites for hydroxylation is 2. The van der Waals surface area contributed by atoms with Crippen LogP contribution in [-0.4, -0.2) is 48.9 Å². The van der Waals surface area contributed by atoms with E-state index in [1.54, 1.807) is 11.9 Å². The van der Waals surface area contributed by atoms with Gasteiger partial charge >= 0.3 is 6.03 Å². The quantitative estimate of drug-likeness (QED) is 0.699. The van der Waals surface area contributed by atoms with Gasteiger partial charge in [0.25, 0.3) is 0 Å². The fourth-order valence-electron chi connectivity index (χ4n) is 3.64. The normalized spacial score (nSPS) is 19.2. The first kappa shape index (κ1) is 21.9. The zero-order valence-electron chi connectivity index (χ0n) is 17.3. The molecule has 3 N–H and O–H groups in total. The number of amides is 4. The van der Waals surface area contributed by atoms with Crippen LogP contribution < -0.4 is 16.0 Å². The molecule has 4 amide bonds. The maximum atomic E-state index is 12.3. The summed E-state index contributed by atoms with van der Waals surface area (Å²) in [5, 5.41) is 8.14. The number of nitrogens with one attached hydrogen (secondary N) is 3. The lowest BCUT2D eigenvalue weighted by Gasteiger charge is -2.29. The van der Waals surface area contributed by atoms with Crippen molar-refractivity contribution in [2.75, 3.05) is 25.5 Å². The fourth-order valence-corrected chi connectivity index (χ4v) is 3.64. The molecule has 2 rings (SSSR count).